The first kappa shape index (κ1) is 13.9. The minimum atomic E-state index is 0.434. The van der Waals surface area contributed by atoms with Gasteiger partial charge in [-0.3, -0.25) is 4.79 Å². The van der Waals surface area contributed by atoms with Crippen molar-refractivity contribution in [1.82, 2.24) is 4.90 Å². The van der Waals surface area contributed by atoms with Crippen LogP contribution in [0.15, 0.2) is 0 Å². The Labute approximate surface area is 112 Å². The fourth-order valence-electron chi connectivity index (χ4n) is 3.58. The highest BCUT2D eigenvalue weighted by molar-refractivity contribution is 5.76. The van der Waals surface area contributed by atoms with Crippen molar-refractivity contribution in [2.75, 3.05) is 13.1 Å². The fourth-order valence-corrected chi connectivity index (χ4v) is 3.58. The maximum Gasteiger partial charge on any atom is 0.222 e. The number of piperidine rings is 1. The Balaban J connectivity index is 1.73. The number of carbonyl (C=O) groups is 1. The van der Waals surface area contributed by atoms with Gasteiger partial charge in [0.25, 0.3) is 0 Å². The molecule has 2 nitrogen and oxygen atoms in total. The standard InChI is InChI=1S/C16H29NO/c1-13(2)15-8-10-17(11-9-15)16(18)12-14-6-4-3-5-7-14/h13-15H,3-12H2,1-2H3. The number of nitrogens with zero attached hydrogens (tertiary/aromatic N) is 1. The normalized spacial score (nSPS) is 23.6. The first-order valence-corrected chi connectivity index (χ1v) is 7.94. The summed E-state index contributed by atoms with van der Waals surface area (Å²) in [6.45, 7) is 6.64. The van der Waals surface area contributed by atoms with Crippen molar-refractivity contribution in [1.29, 1.82) is 0 Å². The fraction of sp³-hybridized carbons (Fsp3) is 0.938. The number of carbonyl (C=O) groups excluding carboxylic acids is 1. The molecule has 1 saturated heterocycles. The summed E-state index contributed by atoms with van der Waals surface area (Å²) in [4.78, 5) is 14.4. The maximum atomic E-state index is 12.3. The molecule has 0 atom stereocenters. The third kappa shape index (κ3) is 3.73. The van der Waals surface area contributed by atoms with E-state index < -0.39 is 0 Å². The van der Waals surface area contributed by atoms with Crippen molar-refractivity contribution in [2.24, 2.45) is 17.8 Å². The van der Waals surface area contributed by atoms with Crippen LogP contribution in [0.2, 0.25) is 0 Å². The molecule has 0 radical (unpaired) electrons. The monoisotopic (exact) mass is 251 g/mol. The van der Waals surface area contributed by atoms with Crippen molar-refractivity contribution in [2.45, 2.75) is 65.2 Å². The summed E-state index contributed by atoms with van der Waals surface area (Å²) in [5.74, 6) is 2.74. The summed E-state index contributed by atoms with van der Waals surface area (Å²) < 4.78 is 0. The smallest absolute Gasteiger partial charge is 0.222 e. The van der Waals surface area contributed by atoms with E-state index in [-0.39, 0.29) is 0 Å². The van der Waals surface area contributed by atoms with Gasteiger partial charge < -0.3 is 4.90 Å². The van der Waals surface area contributed by atoms with E-state index >= 15 is 0 Å². The van der Waals surface area contributed by atoms with Crippen molar-refractivity contribution in [3.8, 4) is 0 Å². The molecule has 1 saturated carbocycles. The number of hydrogen-bond donors (Lipinski definition) is 0. The zero-order valence-corrected chi connectivity index (χ0v) is 12.2. The Bertz CT molecular complexity index is 260. The molecule has 0 unspecified atom stereocenters. The predicted octanol–water partition coefficient (Wildman–Crippen LogP) is 3.85. The summed E-state index contributed by atoms with van der Waals surface area (Å²) in [5, 5.41) is 0. The van der Waals surface area contributed by atoms with E-state index in [2.05, 4.69) is 18.7 Å². The molecule has 2 aliphatic rings. The molecule has 2 rings (SSSR count). The van der Waals surface area contributed by atoms with E-state index in [1.165, 1.54) is 44.9 Å². The lowest BCUT2D eigenvalue weighted by Gasteiger charge is -2.35. The van der Waals surface area contributed by atoms with E-state index in [4.69, 9.17) is 0 Å². The zero-order chi connectivity index (χ0) is 13.0. The molecule has 1 aliphatic heterocycles. The van der Waals surface area contributed by atoms with E-state index in [1.807, 2.05) is 0 Å². The molecule has 0 bridgehead atoms. The second-order valence-corrected chi connectivity index (χ2v) is 6.67. The van der Waals surface area contributed by atoms with Crippen LogP contribution in [0, 0.1) is 17.8 Å². The Morgan fingerprint density at radius 1 is 1.06 bits per heavy atom. The molecular formula is C16H29NO. The molecule has 0 N–H and O–H groups in total. The van der Waals surface area contributed by atoms with Crippen LogP contribution in [0.5, 0.6) is 0 Å². The predicted molar refractivity (Wildman–Crippen MR) is 75.3 cm³/mol. The zero-order valence-electron chi connectivity index (χ0n) is 12.2. The molecule has 0 aromatic heterocycles. The number of hydrogen-bond acceptors (Lipinski definition) is 1. The lowest BCUT2D eigenvalue weighted by atomic mass is 9.85. The number of likely N-dealkylation sites (tertiary alicyclic amines) is 1. The van der Waals surface area contributed by atoms with Crippen LogP contribution in [0.4, 0.5) is 0 Å². The lowest BCUT2D eigenvalue weighted by molar-refractivity contribution is -0.134. The highest BCUT2D eigenvalue weighted by Crippen LogP contribution is 2.29. The molecule has 18 heavy (non-hydrogen) atoms. The molecule has 2 heteroatoms. The number of rotatable bonds is 3. The van der Waals surface area contributed by atoms with Crippen molar-refractivity contribution < 1.29 is 4.79 Å². The summed E-state index contributed by atoms with van der Waals surface area (Å²) in [6, 6.07) is 0. The Morgan fingerprint density at radius 3 is 2.22 bits per heavy atom. The maximum absolute atomic E-state index is 12.3. The Kier molecular flexibility index (Phi) is 5.08. The molecule has 0 aromatic rings. The van der Waals surface area contributed by atoms with Crippen molar-refractivity contribution in [3.63, 3.8) is 0 Å². The van der Waals surface area contributed by atoms with Gasteiger partial charge in [0.15, 0.2) is 0 Å². The van der Waals surface area contributed by atoms with Gasteiger partial charge in [0.2, 0.25) is 5.91 Å². The quantitative estimate of drug-likeness (QED) is 0.746. The molecule has 2 fully saturated rings. The van der Waals surface area contributed by atoms with Crippen LogP contribution in [0.1, 0.15) is 65.2 Å². The second kappa shape index (κ2) is 6.58. The molecule has 104 valence electrons. The summed E-state index contributed by atoms with van der Waals surface area (Å²) in [7, 11) is 0. The van der Waals surface area contributed by atoms with Gasteiger partial charge in [-0.2, -0.15) is 0 Å². The van der Waals surface area contributed by atoms with Gasteiger partial charge in [-0.15, -0.1) is 0 Å². The van der Waals surface area contributed by atoms with Crippen LogP contribution in [0.3, 0.4) is 0 Å². The van der Waals surface area contributed by atoms with Gasteiger partial charge >= 0.3 is 0 Å². The van der Waals surface area contributed by atoms with Crippen LogP contribution in [-0.4, -0.2) is 23.9 Å². The van der Waals surface area contributed by atoms with Gasteiger partial charge in [0, 0.05) is 19.5 Å². The van der Waals surface area contributed by atoms with Crippen molar-refractivity contribution >= 4 is 5.91 Å². The van der Waals surface area contributed by atoms with E-state index in [1.54, 1.807) is 0 Å². The van der Waals surface area contributed by atoms with Gasteiger partial charge in [0.05, 0.1) is 0 Å². The largest absolute Gasteiger partial charge is 0.343 e. The summed E-state index contributed by atoms with van der Waals surface area (Å²) in [6.07, 6.45) is 9.89. The average molecular weight is 251 g/mol. The molecule has 0 aromatic carbocycles. The lowest BCUT2D eigenvalue weighted by Crippen LogP contribution is -2.40. The average Bonchev–Trinajstić information content (AvgIpc) is 2.40. The molecule has 1 amide bonds. The van der Waals surface area contributed by atoms with Gasteiger partial charge in [-0.25, -0.2) is 0 Å². The topological polar surface area (TPSA) is 20.3 Å². The van der Waals surface area contributed by atoms with E-state index in [9.17, 15) is 4.79 Å². The number of amides is 1. The SMILES string of the molecule is CC(C)C1CCN(C(=O)CC2CCCCC2)CC1. The van der Waals surface area contributed by atoms with Crippen molar-refractivity contribution in [3.05, 3.63) is 0 Å². The van der Waals surface area contributed by atoms with Crippen LogP contribution < -0.4 is 0 Å². The Morgan fingerprint density at radius 2 is 1.67 bits per heavy atom. The molecular weight excluding hydrogens is 222 g/mol. The van der Waals surface area contributed by atoms with E-state index in [0.717, 1.165) is 31.3 Å². The minimum Gasteiger partial charge on any atom is -0.343 e. The first-order valence-electron chi connectivity index (χ1n) is 7.94. The first-order chi connectivity index (χ1) is 8.66. The van der Waals surface area contributed by atoms with Crippen LogP contribution in [-0.2, 0) is 4.79 Å². The van der Waals surface area contributed by atoms with Crippen LogP contribution in [0.25, 0.3) is 0 Å². The highest BCUT2D eigenvalue weighted by Gasteiger charge is 2.26. The molecule has 1 heterocycles. The molecule has 0 spiro atoms. The third-order valence-electron chi connectivity index (χ3n) is 5.02. The van der Waals surface area contributed by atoms with Gasteiger partial charge in [-0.1, -0.05) is 33.1 Å². The van der Waals surface area contributed by atoms with Gasteiger partial charge in [-0.05, 0) is 43.4 Å². The minimum absolute atomic E-state index is 0.434. The third-order valence-corrected chi connectivity index (χ3v) is 5.02. The van der Waals surface area contributed by atoms with Gasteiger partial charge in [0.1, 0.15) is 0 Å². The summed E-state index contributed by atoms with van der Waals surface area (Å²) in [5.41, 5.74) is 0. The Hall–Kier alpha value is -0.530. The second-order valence-electron chi connectivity index (χ2n) is 6.67. The molecule has 1 aliphatic carbocycles. The summed E-state index contributed by atoms with van der Waals surface area (Å²) >= 11 is 0. The van der Waals surface area contributed by atoms with E-state index in [0.29, 0.717) is 11.8 Å². The van der Waals surface area contributed by atoms with Crippen LogP contribution >= 0.6 is 0 Å². The highest BCUT2D eigenvalue weighted by atomic mass is 16.2.